The van der Waals surface area contributed by atoms with Gasteiger partial charge in [-0.3, -0.25) is 9.69 Å². The Hall–Kier alpha value is -1.96. The number of rotatable bonds is 8. The van der Waals surface area contributed by atoms with E-state index < -0.39 is 0 Å². The van der Waals surface area contributed by atoms with Crippen LogP contribution in [0.2, 0.25) is 5.02 Å². The summed E-state index contributed by atoms with van der Waals surface area (Å²) in [6.45, 7) is 0.685. The molecule has 0 bridgehead atoms. The number of nitrogens with one attached hydrogen (secondary N) is 1. The van der Waals surface area contributed by atoms with Crippen molar-refractivity contribution in [2.45, 2.75) is 6.54 Å². The third-order valence-electron chi connectivity index (χ3n) is 3.84. The lowest BCUT2D eigenvalue weighted by molar-refractivity contribution is -0.117. The van der Waals surface area contributed by atoms with E-state index in [1.807, 2.05) is 24.1 Å². The van der Waals surface area contributed by atoms with Gasteiger partial charge in [0.2, 0.25) is 5.91 Å². The number of methoxy groups -OCH3 is 3. The minimum absolute atomic E-state index is 0.178. The van der Waals surface area contributed by atoms with Gasteiger partial charge >= 0.3 is 0 Å². The number of hydrogen-bond acceptors (Lipinski definition) is 5. The number of carbonyl (C=O) groups excluding carboxylic acids is 1. The van der Waals surface area contributed by atoms with Crippen molar-refractivity contribution >= 4 is 39.1 Å². The summed E-state index contributed by atoms with van der Waals surface area (Å²) in [6.07, 6.45) is 0. The summed E-state index contributed by atoms with van der Waals surface area (Å²) in [5.41, 5.74) is 1.44. The number of halogens is 2. The number of nitrogens with zero attached hydrogens (tertiary/aromatic N) is 1. The minimum atomic E-state index is -0.180. The summed E-state index contributed by atoms with van der Waals surface area (Å²) in [5.74, 6) is 1.79. The van der Waals surface area contributed by atoms with E-state index in [1.165, 1.54) is 7.11 Å². The first kappa shape index (κ1) is 21.3. The highest BCUT2D eigenvalue weighted by Gasteiger charge is 2.15. The zero-order valence-electron chi connectivity index (χ0n) is 15.6. The predicted octanol–water partition coefficient (Wildman–Crippen LogP) is 4.20. The number of amides is 1. The first-order chi connectivity index (χ1) is 12.9. The Morgan fingerprint density at radius 3 is 2.37 bits per heavy atom. The van der Waals surface area contributed by atoms with E-state index in [9.17, 15) is 4.79 Å². The molecule has 0 heterocycles. The smallest absolute Gasteiger partial charge is 0.238 e. The van der Waals surface area contributed by atoms with Gasteiger partial charge in [-0.1, -0.05) is 11.6 Å². The molecule has 1 amide bonds. The summed E-state index contributed by atoms with van der Waals surface area (Å²) in [4.78, 5) is 14.3. The third-order valence-corrected chi connectivity index (χ3v) is 4.70. The number of ether oxygens (including phenoxy) is 3. The molecule has 2 aromatic carbocycles. The van der Waals surface area contributed by atoms with Crippen LogP contribution < -0.4 is 19.5 Å². The van der Waals surface area contributed by atoms with Crippen LogP contribution in [0.4, 0.5) is 5.69 Å². The lowest BCUT2D eigenvalue weighted by Gasteiger charge is -2.19. The van der Waals surface area contributed by atoms with Gasteiger partial charge < -0.3 is 19.5 Å². The van der Waals surface area contributed by atoms with E-state index in [0.717, 1.165) is 10.0 Å². The zero-order valence-corrected chi connectivity index (χ0v) is 18.0. The number of benzene rings is 2. The van der Waals surface area contributed by atoms with Gasteiger partial charge in [0, 0.05) is 17.1 Å². The van der Waals surface area contributed by atoms with Gasteiger partial charge in [-0.2, -0.15) is 0 Å². The first-order valence-electron chi connectivity index (χ1n) is 8.10. The fourth-order valence-corrected chi connectivity index (χ4v) is 3.26. The van der Waals surface area contributed by atoms with Crippen LogP contribution in [-0.2, 0) is 11.3 Å². The van der Waals surface area contributed by atoms with Crippen LogP contribution in [0.15, 0.2) is 34.8 Å². The van der Waals surface area contributed by atoms with Crippen molar-refractivity contribution in [3.05, 3.63) is 45.4 Å². The first-order valence-corrected chi connectivity index (χ1v) is 9.27. The molecule has 0 saturated carbocycles. The third kappa shape index (κ3) is 5.76. The van der Waals surface area contributed by atoms with Crippen LogP contribution in [0.3, 0.4) is 0 Å². The van der Waals surface area contributed by atoms with Gasteiger partial charge in [-0.15, -0.1) is 0 Å². The molecule has 0 spiro atoms. The minimum Gasteiger partial charge on any atom is -0.496 e. The summed E-state index contributed by atoms with van der Waals surface area (Å²) in [7, 11) is 6.60. The van der Waals surface area contributed by atoms with Crippen LogP contribution in [0.25, 0.3) is 0 Å². The molecular formula is C19H22BrClN2O4. The molecule has 1 N–H and O–H groups in total. The molecule has 2 aromatic rings. The van der Waals surface area contributed by atoms with E-state index >= 15 is 0 Å². The Morgan fingerprint density at radius 1 is 1.07 bits per heavy atom. The molecule has 0 atom stereocenters. The second-order valence-electron chi connectivity index (χ2n) is 5.86. The fourth-order valence-electron chi connectivity index (χ4n) is 2.61. The molecule has 146 valence electrons. The highest BCUT2D eigenvalue weighted by Crippen LogP contribution is 2.33. The van der Waals surface area contributed by atoms with E-state index in [1.54, 1.807) is 32.4 Å². The fraction of sp³-hybridized carbons (Fsp3) is 0.316. The molecule has 0 aliphatic heterocycles. The van der Waals surface area contributed by atoms with E-state index in [-0.39, 0.29) is 12.5 Å². The highest BCUT2D eigenvalue weighted by atomic mass is 79.9. The van der Waals surface area contributed by atoms with Gasteiger partial charge in [-0.05, 0) is 53.3 Å². The highest BCUT2D eigenvalue weighted by molar-refractivity contribution is 9.10. The molecule has 8 heteroatoms. The summed E-state index contributed by atoms with van der Waals surface area (Å²) < 4.78 is 16.8. The van der Waals surface area contributed by atoms with Crippen molar-refractivity contribution in [1.29, 1.82) is 0 Å². The Labute approximate surface area is 172 Å². The Balaban J connectivity index is 2.06. The summed E-state index contributed by atoms with van der Waals surface area (Å²) in [6, 6.07) is 8.80. The summed E-state index contributed by atoms with van der Waals surface area (Å²) >= 11 is 9.44. The van der Waals surface area contributed by atoms with Crippen molar-refractivity contribution in [3.63, 3.8) is 0 Å². The molecule has 0 fully saturated rings. The Kier molecular flexibility index (Phi) is 7.77. The average molecular weight is 458 g/mol. The molecule has 0 saturated heterocycles. The molecule has 2 rings (SSSR count). The van der Waals surface area contributed by atoms with Crippen molar-refractivity contribution < 1.29 is 19.0 Å². The van der Waals surface area contributed by atoms with Gasteiger partial charge in [0.15, 0.2) is 0 Å². The average Bonchev–Trinajstić information content (AvgIpc) is 2.62. The number of hydrogen-bond donors (Lipinski definition) is 1. The number of likely N-dealkylation sites (N-methyl/N-ethyl adjacent to an activating group) is 1. The SMILES string of the molecule is COc1cc(CN(C)CC(=O)Nc2cc(Cl)ccc2OC)c(OC)cc1Br. The van der Waals surface area contributed by atoms with Crippen molar-refractivity contribution in [3.8, 4) is 17.2 Å². The molecule has 0 aromatic heterocycles. The van der Waals surface area contributed by atoms with Gasteiger partial charge in [0.05, 0.1) is 38.0 Å². The summed E-state index contributed by atoms with van der Waals surface area (Å²) in [5, 5.41) is 3.35. The molecule has 27 heavy (non-hydrogen) atoms. The maximum absolute atomic E-state index is 12.4. The molecule has 0 aliphatic carbocycles. The van der Waals surface area contributed by atoms with Gasteiger partial charge in [0.1, 0.15) is 17.2 Å². The maximum Gasteiger partial charge on any atom is 0.238 e. The van der Waals surface area contributed by atoms with Gasteiger partial charge in [-0.25, -0.2) is 0 Å². The second kappa shape index (κ2) is 9.82. The zero-order chi connectivity index (χ0) is 20.0. The van der Waals surface area contributed by atoms with Crippen molar-refractivity contribution in [2.75, 3.05) is 40.2 Å². The molecule has 0 unspecified atom stereocenters. The topological polar surface area (TPSA) is 60.0 Å². The molecule has 0 aliphatic rings. The normalized spacial score (nSPS) is 10.6. The number of carbonyl (C=O) groups is 1. The second-order valence-corrected chi connectivity index (χ2v) is 7.15. The quantitative estimate of drug-likeness (QED) is 0.644. The Bertz CT molecular complexity index is 817. The molecular weight excluding hydrogens is 436 g/mol. The van der Waals surface area contributed by atoms with Crippen LogP contribution in [0, 0.1) is 0 Å². The van der Waals surface area contributed by atoms with E-state index in [0.29, 0.717) is 34.5 Å². The van der Waals surface area contributed by atoms with Crippen molar-refractivity contribution in [2.24, 2.45) is 0 Å². The monoisotopic (exact) mass is 456 g/mol. The van der Waals surface area contributed by atoms with Crippen LogP contribution in [0.1, 0.15) is 5.56 Å². The van der Waals surface area contributed by atoms with Crippen molar-refractivity contribution in [1.82, 2.24) is 4.90 Å². The standard InChI is InChI=1S/C19H22BrClN2O4/c1-23(10-12-7-18(27-4)14(20)9-17(12)26-3)11-19(24)22-15-8-13(21)5-6-16(15)25-2/h5-9H,10-11H2,1-4H3,(H,22,24). The van der Waals surface area contributed by atoms with E-state index in [2.05, 4.69) is 21.2 Å². The lowest BCUT2D eigenvalue weighted by atomic mass is 10.1. The Morgan fingerprint density at radius 2 is 1.74 bits per heavy atom. The van der Waals surface area contributed by atoms with Crippen LogP contribution in [-0.4, -0.2) is 45.7 Å². The lowest BCUT2D eigenvalue weighted by Crippen LogP contribution is -2.30. The number of anilines is 1. The van der Waals surface area contributed by atoms with E-state index in [4.69, 9.17) is 25.8 Å². The predicted molar refractivity (Wildman–Crippen MR) is 110 cm³/mol. The maximum atomic E-state index is 12.4. The van der Waals surface area contributed by atoms with Crippen LogP contribution in [0.5, 0.6) is 17.2 Å². The molecule has 0 radical (unpaired) electrons. The van der Waals surface area contributed by atoms with Gasteiger partial charge in [0.25, 0.3) is 0 Å². The molecule has 6 nitrogen and oxygen atoms in total. The van der Waals surface area contributed by atoms with Crippen LogP contribution >= 0.6 is 27.5 Å². The largest absolute Gasteiger partial charge is 0.496 e.